The summed E-state index contributed by atoms with van der Waals surface area (Å²) in [5.74, 6) is 0. The molecule has 1 rings (SSSR count). The first-order valence-corrected chi connectivity index (χ1v) is 12.1. The van der Waals surface area contributed by atoms with Gasteiger partial charge < -0.3 is 8.85 Å². The van der Waals surface area contributed by atoms with Gasteiger partial charge in [0.05, 0.1) is 12.3 Å². The molecule has 1 aliphatic rings. The van der Waals surface area contributed by atoms with Gasteiger partial charge in [0.25, 0.3) is 0 Å². The molecule has 18 heavy (non-hydrogen) atoms. The highest BCUT2D eigenvalue weighted by Gasteiger charge is 2.48. The van der Waals surface area contributed by atoms with Crippen LogP contribution >= 0.6 is 0 Å². The number of imide groups is 2. The van der Waals surface area contributed by atoms with E-state index in [1.807, 2.05) is 26.2 Å². The van der Waals surface area contributed by atoms with Crippen molar-refractivity contribution in [3.63, 3.8) is 0 Å². The van der Waals surface area contributed by atoms with Crippen molar-refractivity contribution >= 4 is 28.7 Å². The van der Waals surface area contributed by atoms with Crippen molar-refractivity contribution in [2.24, 2.45) is 0 Å². The van der Waals surface area contributed by atoms with Crippen molar-refractivity contribution in [2.45, 2.75) is 26.2 Å². The van der Waals surface area contributed by atoms with Gasteiger partial charge in [0.1, 0.15) is 0 Å². The van der Waals surface area contributed by atoms with Gasteiger partial charge in [0, 0.05) is 14.2 Å². The Labute approximate surface area is 110 Å². The molecule has 0 aliphatic carbocycles. The molecule has 1 fully saturated rings. The summed E-state index contributed by atoms with van der Waals surface area (Å²) in [7, 11) is -0.656. The summed E-state index contributed by atoms with van der Waals surface area (Å²) >= 11 is 0. The molecule has 0 aromatic carbocycles. The zero-order valence-electron chi connectivity index (χ0n) is 11.9. The van der Waals surface area contributed by atoms with Crippen molar-refractivity contribution in [2.75, 3.05) is 26.6 Å². The zero-order valence-corrected chi connectivity index (χ0v) is 13.9. The van der Waals surface area contributed by atoms with E-state index < -0.39 is 16.6 Å². The minimum Gasteiger partial charge on any atom is -0.419 e. The monoisotopic (exact) mass is 290 g/mol. The normalized spacial score (nSPS) is 17.2. The Balaban J connectivity index is 2.62. The third-order valence-corrected chi connectivity index (χ3v) is 7.47. The number of nitrogens with zero attached hydrogens (tertiary/aromatic N) is 2. The van der Waals surface area contributed by atoms with Gasteiger partial charge in [-0.25, -0.2) is 19.4 Å². The molecule has 0 radical (unpaired) electrons. The standard InChI is InChI=1S/C10H22N2O4Si2/c1-15-17(3,4)7-11-9(13)12(10(11)14)8-18(5,6)16-2/h7-8H2,1-6H3. The van der Waals surface area contributed by atoms with Gasteiger partial charge in [0.2, 0.25) is 16.6 Å². The van der Waals surface area contributed by atoms with Gasteiger partial charge in [-0.3, -0.25) is 0 Å². The molecule has 104 valence electrons. The summed E-state index contributed by atoms with van der Waals surface area (Å²) in [6.07, 6.45) is 0.819. The van der Waals surface area contributed by atoms with E-state index in [1.54, 1.807) is 14.2 Å². The van der Waals surface area contributed by atoms with E-state index in [1.165, 1.54) is 9.80 Å². The number of hydrogen-bond donors (Lipinski definition) is 0. The molecular weight excluding hydrogens is 268 g/mol. The number of urea groups is 2. The number of rotatable bonds is 6. The molecule has 4 amide bonds. The van der Waals surface area contributed by atoms with E-state index in [0.717, 1.165) is 0 Å². The lowest BCUT2D eigenvalue weighted by Crippen LogP contribution is -2.69. The van der Waals surface area contributed by atoms with Gasteiger partial charge in [-0.05, 0) is 26.2 Å². The highest BCUT2D eigenvalue weighted by Crippen LogP contribution is 2.21. The minimum absolute atomic E-state index is 0.227. The quantitative estimate of drug-likeness (QED) is 0.698. The van der Waals surface area contributed by atoms with E-state index in [-0.39, 0.29) is 12.1 Å². The van der Waals surface area contributed by atoms with Gasteiger partial charge in [-0.2, -0.15) is 0 Å². The lowest BCUT2D eigenvalue weighted by Gasteiger charge is -2.43. The fraction of sp³-hybridized carbons (Fsp3) is 0.800. The van der Waals surface area contributed by atoms with Crippen LogP contribution in [0.3, 0.4) is 0 Å². The first-order valence-electron chi connectivity index (χ1n) is 5.87. The molecule has 1 saturated heterocycles. The Kier molecular flexibility index (Phi) is 4.36. The average Bonchev–Trinajstić information content (AvgIpc) is 2.33. The summed E-state index contributed by atoms with van der Waals surface area (Å²) in [6, 6.07) is -0.453. The lowest BCUT2D eigenvalue weighted by atomic mass is 10.5. The molecule has 0 bridgehead atoms. The topological polar surface area (TPSA) is 59.1 Å². The Morgan fingerprint density at radius 2 is 1.11 bits per heavy atom. The maximum atomic E-state index is 11.9. The predicted octanol–water partition coefficient (Wildman–Crippen LogP) is 1.63. The molecule has 8 heteroatoms. The molecule has 0 saturated carbocycles. The van der Waals surface area contributed by atoms with Crippen LogP contribution in [0.4, 0.5) is 9.59 Å². The van der Waals surface area contributed by atoms with Crippen LogP contribution in [0.15, 0.2) is 0 Å². The summed E-state index contributed by atoms with van der Waals surface area (Å²) in [4.78, 5) is 26.4. The van der Waals surface area contributed by atoms with Crippen molar-refractivity contribution in [3.05, 3.63) is 0 Å². The highest BCUT2D eigenvalue weighted by atomic mass is 28.4. The van der Waals surface area contributed by atoms with E-state index in [0.29, 0.717) is 12.3 Å². The number of hydrogen-bond acceptors (Lipinski definition) is 4. The Bertz CT molecular complexity index is 314. The predicted molar refractivity (Wildman–Crippen MR) is 73.2 cm³/mol. The molecule has 1 heterocycles. The fourth-order valence-corrected chi connectivity index (χ4v) is 3.89. The number of amides is 4. The van der Waals surface area contributed by atoms with E-state index in [9.17, 15) is 9.59 Å². The van der Waals surface area contributed by atoms with E-state index in [2.05, 4.69) is 0 Å². The van der Waals surface area contributed by atoms with Gasteiger partial charge >= 0.3 is 12.1 Å². The van der Waals surface area contributed by atoms with Gasteiger partial charge in [-0.1, -0.05) is 0 Å². The maximum Gasteiger partial charge on any atom is 0.335 e. The summed E-state index contributed by atoms with van der Waals surface area (Å²) < 4.78 is 10.7. The first-order chi connectivity index (χ1) is 8.13. The van der Waals surface area contributed by atoms with Crippen LogP contribution in [0.2, 0.25) is 26.2 Å². The van der Waals surface area contributed by atoms with Crippen LogP contribution < -0.4 is 0 Å². The van der Waals surface area contributed by atoms with Crippen LogP contribution in [-0.4, -0.2) is 65.1 Å². The third-order valence-electron chi connectivity index (χ3n) is 3.11. The Morgan fingerprint density at radius 3 is 1.33 bits per heavy atom. The minimum atomic E-state index is -1.95. The molecule has 0 aromatic rings. The van der Waals surface area contributed by atoms with Gasteiger partial charge in [-0.15, -0.1) is 0 Å². The van der Waals surface area contributed by atoms with Crippen LogP contribution in [-0.2, 0) is 8.85 Å². The SMILES string of the molecule is CO[Si](C)(C)CN1C(=O)N(C[Si](C)(C)OC)C1=O. The van der Waals surface area contributed by atoms with Crippen LogP contribution in [0, 0.1) is 0 Å². The molecule has 0 spiro atoms. The second kappa shape index (κ2) is 5.12. The second-order valence-corrected chi connectivity index (χ2v) is 14.2. The molecule has 0 aromatic heterocycles. The highest BCUT2D eigenvalue weighted by molar-refractivity contribution is 6.72. The summed E-state index contributed by atoms with van der Waals surface area (Å²) in [6.45, 7) is 7.91. The molecule has 6 nitrogen and oxygen atoms in total. The molecule has 0 N–H and O–H groups in total. The van der Waals surface area contributed by atoms with Gasteiger partial charge in [0.15, 0.2) is 0 Å². The van der Waals surface area contributed by atoms with Crippen molar-refractivity contribution in [3.8, 4) is 0 Å². The zero-order chi connectivity index (χ0) is 14.1. The van der Waals surface area contributed by atoms with E-state index in [4.69, 9.17) is 8.85 Å². The molecular formula is C10H22N2O4Si2. The van der Waals surface area contributed by atoms with Crippen LogP contribution in [0.1, 0.15) is 0 Å². The summed E-state index contributed by atoms with van der Waals surface area (Å²) in [5, 5.41) is 0. The average molecular weight is 290 g/mol. The van der Waals surface area contributed by atoms with E-state index >= 15 is 0 Å². The van der Waals surface area contributed by atoms with Crippen LogP contribution in [0.5, 0.6) is 0 Å². The molecule has 0 atom stereocenters. The Morgan fingerprint density at radius 1 is 0.833 bits per heavy atom. The second-order valence-electron chi connectivity index (χ2n) is 5.67. The fourth-order valence-electron chi connectivity index (χ4n) is 1.57. The maximum absolute atomic E-state index is 11.9. The van der Waals surface area contributed by atoms with Crippen molar-refractivity contribution < 1.29 is 18.4 Å². The Hall–Kier alpha value is -0.706. The smallest absolute Gasteiger partial charge is 0.335 e. The number of carbonyl (C=O) groups is 2. The van der Waals surface area contributed by atoms with Crippen LogP contribution in [0.25, 0.3) is 0 Å². The molecule has 1 aliphatic heterocycles. The largest absolute Gasteiger partial charge is 0.419 e. The molecule has 0 unspecified atom stereocenters. The lowest BCUT2D eigenvalue weighted by molar-refractivity contribution is 0.114. The van der Waals surface area contributed by atoms with Crippen molar-refractivity contribution in [1.29, 1.82) is 0 Å². The first kappa shape index (κ1) is 15.4. The van der Waals surface area contributed by atoms with Crippen molar-refractivity contribution in [1.82, 2.24) is 9.80 Å². The summed E-state index contributed by atoms with van der Waals surface area (Å²) in [5.41, 5.74) is 0. The number of carbonyl (C=O) groups excluding carboxylic acids is 2. The third kappa shape index (κ3) is 3.19.